The molecule has 118 valence electrons. The highest BCUT2D eigenvalue weighted by Crippen LogP contribution is 2.23. The molecule has 2 rings (SSSR count). The molecule has 0 radical (unpaired) electrons. The van der Waals surface area contributed by atoms with Crippen LogP contribution < -0.4 is 5.32 Å². The van der Waals surface area contributed by atoms with Crippen molar-refractivity contribution in [3.05, 3.63) is 21.3 Å². The minimum atomic E-state index is 0.0626. The van der Waals surface area contributed by atoms with Crippen LogP contribution >= 0.6 is 22.9 Å². The van der Waals surface area contributed by atoms with Gasteiger partial charge in [0.25, 0.3) is 0 Å². The second kappa shape index (κ2) is 8.13. The Morgan fingerprint density at radius 1 is 1.38 bits per heavy atom. The third-order valence-corrected chi connectivity index (χ3v) is 5.03. The summed E-state index contributed by atoms with van der Waals surface area (Å²) in [5.74, 6) is 0.336. The Bertz CT molecular complexity index is 458. The van der Waals surface area contributed by atoms with Gasteiger partial charge in [0, 0.05) is 50.1 Å². The van der Waals surface area contributed by atoms with E-state index in [1.54, 1.807) is 11.3 Å². The fraction of sp³-hybridized carbons (Fsp3) is 0.667. The maximum atomic E-state index is 12.3. The van der Waals surface area contributed by atoms with E-state index in [1.807, 2.05) is 17.9 Å². The molecule has 1 fully saturated rings. The number of rotatable bonds is 6. The van der Waals surface area contributed by atoms with Crippen LogP contribution in [0, 0.1) is 5.92 Å². The van der Waals surface area contributed by atoms with Gasteiger partial charge in [-0.2, -0.15) is 0 Å². The maximum absolute atomic E-state index is 12.3. The van der Waals surface area contributed by atoms with Gasteiger partial charge in [0.1, 0.15) is 0 Å². The SMILES string of the molecule is CCNCC(C)C(=O)N1CCN(Cc2ccc(Cl)s2)CC1. The maximum Gasteiger partial charge on any atom is 0.226 e. The molecule has 0 saturated carbocycles. The highest BCUT2D eigenvalue weighted by Gasteiger charge is 2.24. The molecular formula is C15H24ClN3OS. The van der Waals surface area contributed by atoms with Gasteiger partial charge in [0.2, 0.25) is 5.91 Å². The number of halogens is 1. The molecule has 4 nitrogen and oxygen atoms in total. The predicted octanol–water partition coefficient (Wildman–Crippen LogP) is 2.29. The molecule has 0 bridgehead atoms. The Labute approximate surface area is 136 Å². The molecule has 1 aliphatic rings. The van der Waals surface area contributed by atoms with Crippen LogP contribution in [0.3, 0.4) is 0 Å². The van der Waals surface area contributed by atoms with Crippen molar-refractivity contribution in [1.82, 2.24) is 15.1 Å². The lowest BCUT2D eigenvalue weighted by Gasteiger charge is -2.35. The summed E-state index contributed by atoms with van der Waals surface area (Å²) in [6.45, 7) is 10.2. The Kier molecular flexibility index (Phi) is 6.48. The van der Waals surface area contributed by atoms with Crippen molar-refractivity contribution in [3.63, 3.8) is 0 Å². The number of hydrogen-bond donors (Lipinski definition) is 1. The van der Waals surface area contributed by atoms with Crippen LogP contribution in [-0.4, -0.2) is 55.0 Å². The van der Waals surface area contributed by atoms with E-state index >= 15 is 0 Å². The molecule has 1 N–H and O–H groups in total. The quantitative estimate of drug-likeness (QED) is 0.870. The van der Waals surface area contributed by atoms with Gasteiger partial charge in [-0.25, -0.2) is 0 Å². The Morgan fingerprint density at radius 2 is 2.10 bits per heavy atom. The van der Waals surface area contributed by atoms with Gasteiger partial charge in [0.15, 0.2) is 0 Å². The second-order valence-electron chi connectivity index (χ2n) is 5.52. The first-order valence-electron chi connectivity index (χ1n) is 7.56. The minimum absolute atomic E-state index is 0.0626. The van der Waals surface area contributed by atoms with Gasteiger partial charge < -0.3 is 10.2 Å². The predicted molar refractivity (Wildman–Crippen MR) is 88.9 cm³/mol. The van der Waals surface area contributed by atoms with Gasteiger partial charge in [0.05, 0.1) is 4.34 Å². The van der Waals surface area contributed by atoms with E-state index in [0.29, 0.717) is 0 Å². The van der Waals surface area contributed by atoms with Crippen LogP contribution in [0.25, 0.3) is 0 Å². The summed E-state index contributed by atoms with van der Waals surface area (Å²) in [5.41, 5.74) is 0. The van der Waals surface area contributed by atoms with Crippen molar-refractivity contribution < 1.29 is 4.79 Å². The van der Waals surface area contributed by atoms with E-state index in [2.05, 4.69) is 23.2 Å². The van der Waals surface area contributed by atoms with Crippen molar-refractivity contribution >= 4 is 28.8 Å². The number of carbonyl (C=O) groups excluding carboxylic acids is 1. The smallest absolute Gasteiger partial charge is 0.226 e. The fourth-order valence-corrected chi connectivity index (χ4v) is 3.67. The van der Waals surface area contributed by atoms with Crippen LogP contribution in [0.4, 0.5) is 0 Å². The summed E-state index contributed by atoms with van der Waals surface area (Å²) in [6.07, 6.45) is 0. The van der Waals surface area contributed by atoms with E-state index in [4.69, 9.17) is 11.6 Å². The number of amides is 1. The summed E-state index contributed by atoms with van der Waals surface area (Å²) >= 11 is 7.60. The Morgan fingerprint density at radius 3 is 2.67 bits per heavy atom. The number of carbonyl (C=O) groups is 1. The summed E-state index contributed by atoms with van der Waals surface area (Å²) in [7, 11) is 0. The van der Waals surface area contributed by atoms with Crippen molar-refractivity contribution in [1.29, 1.82) is 0 Å². The number of thiophene rings is 1. The van der Waals surface area contributed by atoms with Crippen LogP contribution in [0.5, 0.6) is 0 Å². The largest absolute Gasteiger partial charge is 0.340 e. The van der Waals surface area contributed by atoms with Crippen molar-refractivity contribution in [3.8, 4) is 0 Å². The molecule has 1 saturated heterocycles. The molecule has 21 heavy (non-hydrogen) atoms. The molecule has 1 aromatic heterocycles. The molecular weight excluding hydrogens is 306 g/mol. The van der Waals surface area contributed by atoms with Crippen LogP contribution in [0.2, 0.25) is 4.34 Å². The third-order valence-electron chi connectivity index (χ3n) is 3.81. The number of hydrogen-bond acceptors (Lipinski definition) is 4. The molecule has 0 aliphatic carbocycles. The van der Waals surface area contributed by atoms with Gasteiger partial charge >= 0.3 is 0 Å². The highest BCUT2D eigenvalue weighted by atomic mass is 35.5. The average molecular weight is 330 g/mol. The standard InChI is InChI=1S/C15H24ClN3OS/c1-3-17-10-12(2)15(20)19-8-6-18(7-9-19)11-13-4-5-14(16)21-13/h4-5,12,17H,3,6-11H2,1-2H3. The van der Waals surface area contributed by atoms with Crippen LogP contribution in [-0.2, 0) is 11.3 Å². The normalized spacial score (nSPS) is 18.0. The molecule has 0 spiro atoms. The van der Waals surface area contributed by atoms with E-state index in [9.17, 15) is 4.79 Å². The van der Waals surface area contributed by atoms with E-state index in [1.165, 1.54) is 4.88 Å². The molecule has 6 heteroatoms. The molecule has 1 unspecified atom stereocenters. The fourth-order valence-electron chi connectivity index (χ4n) is 2.54. The minimum Gasteiger partial charge on any atom is -0.340 e. The van der Waals surface area contributed by atoms with Crippen molar-refractivity contribution in [2.45, 2.75) is 20.4 Å². The van der Waals surface area contributed by atoms with Gasteiger partial charge in [-0.1, -0.05) is 25.4 Å². The molecule has 1 aliphatic heterocycles. The third kappa shape index (κ3) is 4.95. The molecule has 1 aromatic rings. The monoisotopic (exact) mass is 329 g/mol. The van der Waals surface area contributed by atoms with E-state index < -0.39 is 0 Å². The van der Waals surface area contributed by atoms with Crippen LogP contribution in [0.15, 0.2) is 12.1 Å². The molecule has 2 heterocycles. The lowest BCUT2D eigenvalue weighted by atomic mass is 10.1. The van der Waals surface area contributed by atoms with Gasteiger partial charge in [-0.05, 0) is 18.7 Å². The van der Waals surface area contributed by atoms with E-state index in [0.717, 1.165) is 50.1 Å². The number of nitrogens with zero attached hydrogens (tertiary/aromatic N) is 2. The highest BCUT2D eigenvalue weighted by molar-refractivity contribution is 7.16. The zero-order chi connectivity index (χ0) is 15.2. The first kappa shape index (κ1) is 16.7. The number of nitrogens with one attached hydrogen (secondary N) is 1. The van der Waals surface area contributed by atoms with Crippen molar-refractivity contribution in [2.24, 2.45) is 5.92 Å². The first-order valence-corrected chi connectivity index (χ1v) is 8.75. The molecule has 1 amide bonds. The summed E-state index contributed by atoms with van der Waals surface area (Å²) in [4.78, 5) is 18.0. The first-order chi connectivity index (χ1) is 10.1. The van der Waals surface area contributed by atoms with Crippen molar-refractivity contribution in [2.75, 3.05) is 39.3 Å². The molecule has 0 aromatic carbocycles. The molecule has 1 atom stereocenters. The van der Waals surface area contributed by atoms with E-state index in [-0.39, 0.29) is 11.8 Å². The lowest BCUT2D eigenvalue weighted by molar-refractivity contribution is -0.136. The average Bonchev–Trinajstić information content (AvgIpc) is 2.90. The Balaban J connectivity index is 1.76. The van der Waals surface area contributed by atoms with Crippen LogP contribution in [0.1, 0.15) is 18.7 Å². The Hall–Kier alpha value is -0.620. The second-order valence-corrected chi connectivity index (χ2v) is 7.32. The number of piperazine rings is 1. The zero-order valence-corrected chi connectivity index (χ0v) is 14.3. The van der Waals surface area contributed by atoms with Gasteiger partial charge in [-0.15, -0.1) is 11.3 Å². The summed E-state index contributed by atoms with van der Waals surface area (Å²) in [5, 5.41) is 3.24. The van der Waals surface area contributed by atoms with Gasteiger partial charge in [-0.3, -0.25) is 9.69 Å². The zero-order valence-electron chi connectivity index (χ0n) is 12.8. The summed E-state index contributed by atoms with van der Waals surface area (Å²) in [6, 6.07) is 4.03. The lowest BCUT2D eigenvalue weighted by Crippen LogP contribution is -2.50. The summed E-state index contributed by atoms with van der Waals surface area (Å²) < 4.78 is 0.844. The topological polar surface area (TPSA) is 35.6 Å².